The Labute approximate surface area is 168 Å². The number of benzene rings is 3. The molecule has 0 aliphatic rings. The average molecular weight is 410 g/mol. The molecule has 148 valence electrons. The van der Waals surface area contributed by atoms with Crippen LogP contribution in [0.15, 0.2) is 77.7 Å². The van der Waals surface area contributed by atoms with Crippen LogP contribution < -0.4 is 10.0 Å². The van der Waals surface area contributed by atoms with Crippen LogP contribution in [0.3, 0.4) is 0 Å². The molecule has 0 heterocycles. The molecule has 3 aromatic rings. The lowest BCUT2D eigenvalue weighted by atomic mass is 10.2. The molecule has 0 fully saturated rings. The molecule has 0 atom stereocenters. The molecule has 7 nitrogen and oxygen atoms in total. The molecule has 3 N–H and O–H groups in total. The van der Waals surface area contributed by atoms with Crippen molar-refractivity contribution in [1.82, 2.24) is 0 Å². The minimum absolute atomic E-state index is 0.0466. The van der Waals surface area contributed by atoms with E-state index in [0.29, 0.717) is 11.4 Å². The van der Waals surface area contributed by atoms with Crippen LogP contribution in [0.4, 0.5) is 11.4 Å². The number of para-hydroxylation sites is 1. The summed E-state index contributed by atoms with van der Waals surface area (Å²) in [5.41, 5.74) is 1.88. The van der Waals surface area contributed by atoms with E-state index in [4.69, 9.17) is 5.11 Å². The molecule has 0 saturated carbocycles. The van der Waals surface area contributed by atoms with E-state index in [1.807, 2.05) is 0 Å². The molecule has 0 radical (unpaired) electrons. The number of carboxylic acid groups (broad SMARTS) is 1. The third kappa shape index (κ3) is 4.80. The highest BCUT2D eigenvalue weighted by molar-refractivity contribution is 7.92. The number of hydrogen-bond donors (Lipinski definition) is 3. The number of anilines is 2. The second kappa shape index (κ2) is 8.15. The Morgan fingerprint density at radius 1 is 0.862 bits per heavy atom. The number of nitrogens with one attached hydrogen (secondary N) is 2. The summed E-state index contributed by atoms with van der Waals surface area (Å²) in [6.45, 7) is 1.79. The molecule has 0 aliphatic heterocycles. The third-order valence-electron chi connectivity index (χ3n) is 4.19. The van der Waals surface area contributed by atoms with Gasteiger partial charge >= 0.3 is 5.97 Å². The quantitative estimate of drug-likeness (QED) is 0.573. The standard InChI is InChI=1S/C21H18N2O5S/c1-14-5-2-3-8-19(14)23-29(27,28)18-7-4-6-16(13-18)20(24)22-17-11-9-15(10-12-17)21(25)26/h2-13,23H,1H3,(H,22,24)(H,25,26). The van der Waals surface area contributed by atoms with Gasteiger partial charge in [0.15, 0.2) is 0 Å². The van der Waals surface area contributed by atoms with E-state index in [2.05, 4.69) is 10.0 Å². The molecule has 3 rings (SSSR count). The minimum Gasteiger partial charge on any atom is -0.478 e. The normalized spacial score (nSPS) is 10.9. The average Bonchev–Trinajstić information content (AvgIpc) is 2.70. The molecule has 0 spiro atoms. The maximum atomic E-state index is 12.7. The topological polar surface area (TPSA) is 113 Å². The maximum absolute atomic E-state index is 12.7. The zero-order valence-corrected chi connectivity index (χ0v) is 16.2. The van der Waals surface area contributed by atoms with Gasteiger partial charge in [-0.3, -0.25) is 9.52 Å². The molecule has 1 amide bonds. The molecule has 0 aromatic heterocycles. The summed E-state index contributed by atoms with van der Waals surface area (Å²) < 4.78 is 27.9. The maximum Gasteiger partial charge on any atom is 0.335 e. The second-order valence-corrected chi connectivity index (χ2v) is 7.97. The number of carboxylic acids is 1. The molecule has 29 heavy (non-hydrogen) atoms. The zero-order valence-electron chi connectivity index (χ0n) is 15.4. The van der Waals surface area contributed by atoms with E-state index in [0.717, 1.165) is 5.56 Å². The van der Waals surface area contributed by atoms with Crippen molar-refractivity contribution >= 4 is 33.3 Å². The number of aromatic carboxylic acids is 1. The molecule has 0 bridgehead atoms. The van der Waals surface area contributed by atoms with Gasteiger partial charge in [-0.2, -0.15) is 0 Å². The SMILES string of the molecule is Cc1ccccc1NS(=O)(=O)c1cccc(C(=O)Nc2ccc(C(=O)O)cc2)c1. The number of carbonyl (C=O) groups is 2. The first-order valence-electron chi connectivity index (χ1n) is 8.59. The summed E-state index contributed by atoms with van der Waals surface area (Å²) in [6, 6.07) is 18.3. The molecule has 3 aromatic carbocycles. The monoisotopic (exact) mass is 410 g/mol. The summed E-state index contributed by atoms with van der Waals surface area (Å²) >= 11 is 0. The number of aryl methyl sites for hydroxylation is 1. The predicted octanol–water partition coefficient (Wildman–Crippen LogP) is 3.75. The van der Waals surface area contributed by atoms with Crippen molar-refractivity contribution in [1.29, 1.82) is 0 Å². The fraction of sp³-hybridized carbons (Fsp3) is 0.0476. The Morgan fingerprint density at radius 3 is 2.21 bits per heavy atom. The smallest absolute Gasteiger partial charge is 0.335 e. The molecule has 8 heteroatoms. The number of carbonyl (C=O) groups excluding carboxylic acids is 1. The van der Waals surface area contributed by atoms with Crippen molar-refractivity contribution in [2.24, 2.45) is 0 Å². The Kier molecular flexibility index (Phi) is 5.65. The third-order valence-corrected chi connectivity index (χ3v) is 5.55. The molecular formula is C21H18N2O5S. The van der Waals surface area contributed by atoms with Crippen molar-refractivity contribution < 1.29 is 23.1 Å². The van der Waals surface area contributed by atoms with Gasteiger partial charge in [-0.25, -0.2) is 13.2 Å². The van der Waals surface area contributed by atoms with Gasteiger partial charge in [0.1, 0.15) is 0 Å². The van der Waals surface area contributed by atoms with Crippen molar-refractivity contribution in [2.45, 2.75) is 11.8 Å². The van der Waals surface area contributed by atoms with Gasteiger partial charge in [0.2, 0.25) is 0 Å². The molecule has 0 unspecified atom stereocenters. The molecule has 0 aliphatic carbocycles. The van der Waals surface area contributed by atoms with E-state index >= 15 is 0 Å². The lowest BCUT2D eigenvalue weighted by Crippen LogP contribution is -2.16. The Balaban J connectivity index is 1.80. The summed E-state index contributed by atoms with van der Waals surface area (Å²) in [5.74, 6) is -1.58. The first-order valence-corrected chi connectivity index (χ1v) is 10.1. The van der Waals surface area contributed by atoms with Gasteiger partial charge in [-0.05, 0) is 61.0 Å². The molecular weight excluding hydrogens is 392 g/mol. The van der Waals surface area contributed by atoms with Crippen LogP contribution in [0.25, 0.3) is 0 Å². The lowest BCUT2D eigenvalue weighted by molar-refractivity contribution is 0.0696. The van der Waals surface area contributed by atoms with Crippen LogP contribution in [-0.2, 0) is 10.0 Å². The van der Waals surface area contributed by atoms with Crippen LogP contribution >= 0.6 is 0 Å². The first-order chi connectivity index (χ1) is 13.8. The van der Waals surface area contributed by atoms with Gasteiger partial charge in [-0.15, -0.1) is 0 Å². The predicted molar refractivity (Wildman–Crippen MR) is 110 cm³/mol. The summed E-state index contributed by atoms with van der Waals surface area (Å²) in [5, 5.41) is 11.5. The number of rotatable bonds is 6. The van der Waals surface area contributed by atoms with Gasteiger partial charge in [-0.1, -0.05) is 24.3 Å². The van der Waals surface area contributed by atoms with E-state index in [-0.39, 0.29) is 16.0 Å². The number of hydrogen-bond acceptors (Lipinski definition) is 4. The van der Waals surface area contributed by atoms with Crippen LogP contribution in [0.1, 0.15) is 26.3 Å². The van der Waals surface area contributed by atoms with Crippen molar-refractivity contribution in [3.8, 4) is 0 Å². The Bertz CT molecular complexity index is 1170. The highest BCUT2D eigenvalue weighted by Gasteiger charge is 2.17. The summed E-state index contributed by atoms with van der Waals surface area (Å²) in [4.78, 5) is 23.3. The van der Waals surface area contributed by atoms with E-state index < -0.39 is 21.9 Å². The number of sulfonamides is 1. The largest absolute Gasteiger partial charge is 0.478 e. The Morgan fingerprint density at radius 2 is 1.55 bits per heavy atom. The van der Waals surface area contributed by atoms with Crippen LogP contribution in [0.2, 0.25) is 0 Å². The summed E-state index contributed by atoms with van der Waals surface area (Å²) in [7, 11) is -3.88. The lowest BCUT2D eigenvalue weighted by Gasteiger charge is -2.11. The minimum atomic E-state index is -3.88. The second-order valence-electron chi connectivity index (χ2n) is 6.28. The highest BCUT2D eigenvalue weighted by Crippen LogP contribution is 2.20. The fourth-order valence-electron chi connectivity index (χ4n) is 2.59. The van der Waals surface area contributed by atoms with Gasteiger partial charge in [0.25, 0.3) is 15.9 Å². The van der Waals surface area contributed by atoms with Gasteiger partial charge in [0.05, 0.1) is 16.1 Å². The fourth-order valence-corrected chi connectivity index (χ4v) is 3.77. The van der Waals surface area contributed by atoms with Crippen molar-refractivity contribution in [3.05, 3.63) is 89.5 Å². The highest BCUT2D eigenvalue weighted by atomic mass is 32.2. The van der Waals surface area contributed by atoms with Crippen LogP contribution in [0.5, 0.6) is 0 Å². The van der Waals surface area contributed by atoms with Crippen LogP contribution in [-0.4, -0.2) is 25.4 Å². The van der Waals surface area contributed by atoms with Crippen molar-refractivity contribution in [2.75, 3.05) is 10.0 Å². The van der Waals surface area contributed by atoms with Gasteiger partial charge in [0, 0.05) is 11.3 Å². The zero-order chi connectivity index (χ0) is 21.0. The van der Waals surface area contributed by atoms with Gasteiger partial charge < -0.3 is 10.4 Å². The van der Waals surface area contributed by atoms with E-state index in [1.54, 1.807) is 31.2 Å². The van der Waals surface area contributed by atoms with Crippen LogP contribution in [0, 0.1) is 6.92 Å². The first kappa shape index (κ1) is 20.1. The van der Waals surface area contributed by atoms with E-state index in [9.17, 15) is 18.0 Å². The molecule has 0 saturated heterocycles. The van der Waals surface area contributed by atoms with E-state index in [1.165, 1.54) is 48.5 Å². The van der Waals surface area contributed by atoms with Crippen molar-refractivity contribution in [3.63, 3.8) is 0 Å². The summed E-state index contributed by atoms with van der Waals surface area (Å²) in [6.07, 6.45) is 0. The number of amides is 1. The Hall–Kier alpha value is -3.65.